The van der Waals surface area contributed by atoms with E-state index in [1.54, 1.807) is 6.20 Å². The third-order valence-corrected chi connectivity index (χ3v) is 4.65. The first-order valence-electron chi connectivity index (χ1n) is 8.92. The van der Waals surface area contributed by atoms with Crippen LogP contribution in [0, 0.1) is 0 Å². The quantitative estimate of drug-likeness (QED) is 0.535. The van der Waals surface area contributed by atoms with Gasteiger partial charge in [-0.25, -0.2) is 0 Å². The van der Waals surface area contributed by atoms with Crippen molar-refractivity contribution in [3.63, 3.8) is 0 Å². The van der Waals surface area contributed by atoms with Crippen LogP contribution in [0.3, 0.4) is 0 Å². The third-order valence-electron chi connectivity index (χ3n) is 4.41. The summed E-state index contributed by atoms with van der Waals surface area (Å²) >= 11 is 5.99. The predicted octanol–water partition coefficient (Wildman–Crippen LogP) is 2.35. The molecular weight excluding hydrogens is 368 g/mol. The SMILES string of the molecule is O=C(CCN1C(=O)CCC1=O)NCCCNc1ccnc2cc(Cl)ccc12. The summed E-state index contributed by atoms with van der Waals surface area (Å²) in [5.74, 6) is -0.544. The molecule has 0 aliphatic carbocycles. The van der Waals surface area contributed by atoms with Crippen LogP contribution in [-0.4, -0.2) is 47.2 Å². The zero-order valence-electron chi connectivity index (χ0n) is 14.8. The number of hydrogen-bond donors (Lipinski definition) is 2. The van der Waals surface area contributed by atoms with Crippen LogP contribution >= 0.6 is 11.6 Å². The molecule has 1 saturated heterocycles. The zero-order valence-corrected chi connectivity index (χ0v) is 15.6. The topological polar surface area (TPSA) is 91.4 Å². The summed E-state index contributed by atoms with van der Waals surface area (Å²) in [6.07, 6.45) is 3.11. The van der Waals surface area contributed by atoms with Crippen molar-refractivity contribution in [3.05, 3.63) is 35.5 Å². The number of carbonyl (C=O) groups excluding carboxylic acids is 3. The van der Waals surface area contributed by atoms with E-state index in [0.29, 0.717) is 18.1 Å². The molecule has 7 nitrogen and oxygen atoms in total. The van der Waals surface area contributed by atoms with Crippen molar-refractivity contribution >= 4 is 45.9 Å². The molecule has 8 heteroatoms. The summed E-state index contributed by atoms with van der Waals surface area (Å²) in [5, 5.41) is 7.78. The van der Waals surface area contributed by atoms with E-state index >= 15 is 0 Å². The van der Waals surface area contributed by atoms with E-state index in [4.69, 9.17) is 11.6 Å². The minimum atomic E-state index is -0.192. The van der Waals surface area contributed by atoms with Gasteiger partial charge in [-0.05, 0) is 30.7 Å². The lowest BCUT2D eigenvalue weighted by atomic mass is 10.2. The molecule has 3 rings (SSSR count). The van der Waals surface area contributed by atoms with Crippen LogP contribution in [0.15, 0.2) is 30.5 Å². The molecular formula is C19H21ClN4O3. The number of nitrogens with zero attached hydrogens (tertiary/aromatic N) is 2. The van der Waals surface area contributed by atoms with Crippen LogP contribution in [0.4, 0.5) is 5.69 Å². The minimum Gasteiger partial charge on any atom is -0.384 e. The van der Waals surface area contributed by atoms with Gasteiger partial charge < -0.3 is 10.6 Å². The van der Waals surface area contributed by atoms with Crippen LogP contribution < -0.4 is 10.6 Å². The number of anilines is 1. The number of halogens is 1. The Balaban J connectivity index is 1.38. The molecule has 0 bridgehead atoms. The Kier molecular flexibility index (Phi) is 6.24. The highest BCUT2D eigenvalue weighted by Gasteiger charge is 2.28. The van der Waals surface area contributed by atoms with Crippen LogP contribution in [0.2, 0.25) is 5.02 Å². The predicted molar refractivity (Wildman–Crippen MR) is 103 cm³/mol. The number of pyridine rings is 1. The van der Waals surface area contributed by atoms with Crippen molar-refractivity contribution in [2.24, 2.45) is 0 Å². The Morgan fingerprint density at radius 2 is 1.93 bits per heavy atom. The zero-order chi connectivity index (χ0) is 19.2. The monoisotopic (exact) mass is 388 g/mol. The maximum Gasteiger partial charge on any atom is 0.229 e. The Bertz CT molecular complexity index is 855. The van der Waals surface area contributed by atoms with Crippen molar-refractivity contribution in [1.29, 1.82) is 0 Å². The molecule has 2 N–H and O–H groups in total. The fourth-order valence-electron chi connectivity index (χ4n) is 2.99. The molecule has 0 saturated carbocycles. The molecule has 2 heterocycles. The highest BCUT2D eigenvalue weighted by molar-refractivity contribution is 6.31. The Morgan fingerprint density at radius 1 is 1.15 bits per heavy atom. The van der Waals surface area contributed by atoms with Crippen LogP contribution in [-0.2, 0) is 14.4 Å². The van der Waals surface area contributed by atoms with Crippen molar-refractivity contribution in [2.75, 3.05) is 25.0 Å². The fourth-order valence-corrected chi connectivity index (χ4v) is 3.15. The number of hydrogen-bond acceptors (Lipinski definition) is 5. The second-order valence-corrected chi connectivity index (χ2v) is 6.78. The van der Waals surface area contributed by atoms with Crippen molar-refractivity contribution in [2.45, 2.75) is 25.7 Å². The number of benzene rings is 1. The smallest absolute Gasteiger partial charge is 0.229 e. The Labute approximate surface area is 162 Å². The molecule has 0 atom stereocenters. The second kappa shape index (κ2) is 8.81. The van der Waals surface area contributed by atoms with Gasteiger partial charge in [0.05, 0.1) is 5.52 Å². The van der Waals surface area contributed by atoms with E-state index in [9.17, 15) is 14.4 Å². The maximum atomic E-state index is 11.9. The molecule has 142 valence electrons. The summed E-state index contributed by atoms with van der Waals surface area (Å²) in [5.41, 5.74) is 1.79. The van der Waals surface area contributed by atoms with Crippen molar-refractivity contribution < 1.29 is 14.4 Å². The number of nitrogens with one attached hydrogen (secondary N) is 2. The molecule has 1 aromatic carbocycles. The third kappa shape index (κ3) is 4.95. The Hall–Kier alpha value is -2.67. The van der Waals surface area contributed by atoms with E-state index in [1.807, 2.05) is 24.3 Å². The summed E-state index contributed by atoms with van der Waals surface area (Å²) in [7, 11) is 0. The number of rotatable bonds is 8. The van der Waals surface area contributed by atoms with Gasteiger partial charge in [-0.1, -0.05) is 11.6 Å². The van der Waals surface area contributed by atoms with E-state index in [1.165, 1.54) is 4.90 Å². The average molecular weight is 389 g/mol. The molecule has 27 heavy (non-hydrogen) atoms. The largest absolute Gasteiger partial charge is 0.384 e. The average Bonchev–Trinajstić information content (AvgIpc) is 2.97. The molecule has 1 fully saturated rings. The molecule has 0 spiro atoms. The molecule has 0 unspecified atom stereocenters. The first-order valence-corrected chi connectivity index (χ1v) is 9.30. The molecule has 3 amide bonds. The van der Waals surface area contributed by atoms with Gasteiger partial charge in [0, 0.05) is 61.2 Å². The molecule has 1 aliphatic rings. The van der Waals surface area contributed by atoms with Gasteiger partial charge in [0.2, 0.25) is 17.7 Å². The minimum absolute atomic E-state index is 0.140. The number of aromatic nitrogens is 1. The van der Waals surface area contributed by atoms with Crippen LogP contribution in [0.1, 0.15) is 25.7 Å². The van der Waals surface area contributed by atoms with E-state index in [2.05, 4.69) is 15.6 Å². The molecule has 1 aromatic heterocycles. The summed E-state index contributed by atoms with van der Waals surface area (Å²) in [6, 6.07) is 7.47. The van der Waals surface area contributed by atoms with Gasteiger partial charge in [-0.2, -0.15) is 0 Å². The van der Waals surface area contributed by atoms with E-state index in [0.717, 1.165) is 23.0 Å². The summed E-state index contributed by atoms with van der Waals surface area (Å²) in [6.45, 7) is 1.36. The van der Waals surface area contributed by atoms with Crippen LogP contribution in [0.25, 0.3) is 10.9 Å². The highest BCUT2D eigenvalue weighted by Crippen LogP contribution is 2.24. The van der Waals surface area contributed by atoms with Gasteiger partial charge in [-0.3, -0.25) is 24.3 Å². The number of imide groups is 1. The molecule has 0 radical (unpaired) electrons. The highest BCUT2D eigenvalue weighted by atomic mass is 35.5. The summed E-state index contributed by atoms with van der Waals surface area (Å²) in [4.78, 5) is 40.3. The fraction of sp³-hybridized carbons (Fsp3) is 0.368. The van der Waals surface area contributed by atoms with Gasteiger partial charge in [0.25, 0.3) is 0 Å². The van der Waals surface area contributed by atoms with Gasteiger partial charge in [-0.15, -0.1) is 0 Å². The number of amides is 3. The van der Waals surface area contributed by atoms with Crippen molar-refractivity contribution in [1.82, 2.24) is 15.2 Å². The van der Waals surface area contributed by atoms with E-state index in [-0.39, 0.29) is 43.5 Å². The first kappa shape index (κ1) is 19.1. The molecule has 2 aromatic rings. The van der Waals surface area contributed by atoms with Gasteiger partial charge in [0.1, 0.15) is 0 Å². The lowest BCUT2D eigenvalue weighted by molar-refractivity contribution is -0.138. The lowest BCUT2D eigenvalue weighted by Gasteiger charge is -2.13. The Morgan fingerprint density at radius 3 is 2.70 bits per heavy atom. The van der Waals surface area contributed by atoms with Gasteiger partial charge >= 0.3 is 0 Å². The summed E-state index contributed by atoms with van der Waals surface area (Å²) < 4.78 is 0. The number of carbonyl (C=O) groups is 3. The van der Waals surface area contributed by atoms with Crippen LogP contribution in [0.5, 0.6) is 0 Å². The van der Waals surface area contributed by atoms with Crippen molar-refractivity contribution in [3.8, 4) is 0 Å². The molecule has 1 aliphatic heterocycles. The lowest BCUT2D eigenvalue weighted by Crippen LogP contribution is -2.34. The van der Waals surface area contributed by atoms with Gasteiger partial charge in [0.15, 0.2) is 0 Å². The second-order valence-electron chi connectivity index (χ2n) is 6.34. The maximum absolute atomic E-state index is 11.9. The normalized spacial score (nSPS) is 14.0. The number of fused-ring (bicyclic) bond motifs is 1. The van der Waals surface area contributed by atoms with E-state index < -0.39 is 0 Å². The first-order chi connectivity index (χ1) is 13.0. The number of likely N-dealkylation sites (tertiary alicyclic amines) is 1. The standard InChI is InChI=1S/C19H21ClN4O3/c20-13-2-3-14-15(6-10-22-16(14)12-13)21-8-1-9-23-17(25)7-11-24-18(26)4-5-19(24)27/h2-3,6,10,12H,1,4-5,7-9,11H2,(H,21,22)(H,23,25).